The number of aliphatic hydroxyl groups is 1. The van der Waals surface area contributed by atoms with Crippen LogP contribution in [0.4, 0.5) is 9.52 Å². The summed E-state index contributed by atoms with van der Waals surface area (Å²) < 4.78 is 20.0. The van der Waals surface area contributed by atoms with Crippen LogP contribution in [0.25, 0.3) is 16.0 Å². The summed E-state index contributed by atoms with van der Waals surface area (Å²) in [5, 5.41) is 11.8. The molecule has 4 aromatic rings. The van der Waals surface area contributed by atoms with Crippen molar-refractivity contribution in [3.8, 4) is 5.75 Å². The van der Waals surface area contributed by atoms with Gasteiger partial charge in [-0.2, -0.15) is 0 Å². The van der Waals surface area contributed by atoms with Crippen LogP contribution in [0.2, 0.25) is 5.02 Å². The van der Waals surface area contributed by atoms with Crippen LogP contribution >= 0.6 is 22.9 Å². The maximum Gasteiger partial charge on any atom is 0.301 e. The van der Waals surface area contributed by atoms with Crippen molar-refractivity contribution >= 4 is 55.7 Å². The molecule has 176 valence electrons. The van der Waals surface area contributed by atoms with Crippen molar-refractivity contribution in [2.24, 2.45) is 0 Å². The molecule has 0 aliphatic carbocycles. The van der Waals surface area contributed by atoms with Crippen molar-refractivity contribution in [2.45, 2.75) is 13.0 Å². The molecule has 35 heavy (non-hydrogen) atoms. The highest BCUT2D eigenvalue weighted by Gasteiger charge is 2.48. The summed E-state index contributed by atoms with van der Waals surface area (Å²) in [6, 6.07) is 16.1. The number of carbonyl (C=O) groups is 2. The van der Waals surface area contributed by atoms with E-state index in [0.29, 0.717) is 34.0 Å². The largest absolute Gasteiger partial charge is 0.507 e. The van der Waals surface area contributed by atoms with Crippen LogP contribution in [-0.4, -0.2) is 28.4 Å². The number of anilines is 1. The summed E-state index contributed by atoms with van der Waals surface area (Å²) in [7, 11) is 0. The van der Waals surface area contributed by atoms with Crippen LogP contribution in [0.3, 0.4) is 0 Å². The Morgan fingerprint density at radius 1 is 1.11 bits per heavy atom. The zero-order chi connectivity index (χ0) is 24.7. The fourth-order valence-corrected chi connectivity index (χ4v) is 5.15. The zero-order valence-electron chi connectivity index (χ0n) is 18.4. The number of hydrogen-bond donors (Lipinski definition) is 1. The zero-order valence-corrected chi connectivity index (χ0v) is 19.9. The van der Waals surface area contributed by atoms with Gasteiger partial charge in [0.25, 0.3) is 5.78 Å². The van der Waals surface area contributed by atoms with Gasteiger partial charge in [0.2, 0.25) is 0 Å². The molecule has 1 aliphatic rings. The van der Waals surface area contributed by atoms with E-state index in [-0.39, 0.29) is 16.5 Å². The summed E-state index contributed by atoms with van der Waals surface area (Å²) >= 11 is 7.18. The third kappa shape index (κ3) is 4.15. The number of aliphatic hydroxyl groups excluding tert-OH is 1. The Hall–Kier alpha value is -3.75. The van der Waals surface area contributed by atoms with E-state index in [9.17, 15) is 19.1 Å². The van der Waals surface area contributed by atoms with E-state index in [1.807, 2.05) is 13.0 Å². The molecule has 0 bridgehead atoms. The first-order chi connectivity index (χ1) is 16.9. The number of carbonyl (C=O) groups excluding carboxylic acids is 2. The second kappa shape index (κ2) is 9.13. The van der Waals surface area contributed by atoms with E-state index < -0.39 is 23.5 Å². The Morgan fingerprint density at radius 2 is 1.83 bits per heavy atom. The maximum absolute atomic E-state index is 13.7. The number of ether oxygens (including phenoxy) is 1. The van der Waals surface area contributed by atoms with Crippen molar-refractivity contribution in [1.82, 2.24) is 4.98 Å². The number of ketones is 1. The standard InChI is InChI=1S/C26H18ClFN2O4S/c1-2-34-18-11-12-19-20(13-18)35-26(29-19)30-22(14-5-9-17(28)10-6-14)21(24(32)25(30)33)23(31)15-3-7-16(27)8-4-15/h3-13,22,31H,2H2,1H3/b23-21+. The van der Waals surface area contributed by atoms with Crippen molar-refractivity contribution < 1.29 is 23.8 Å². The Balaban J connectivity index is 1.69. The Kier molecular flexibility index (Phi) is 6.00. The van der Waals surface area contributed by atoms with Crippen LogP contribution < -0.4 is 9.64 Å². The Labute approximate surface area is 208 Å². The normalized spacial score (nSPS) is 17.3. The first-order valence-electron chi connectivity index (χ1n) is 10.7. The summed E-state index contributed by atoms with van der Waals surface area (Å²) in [6.07, 6.45) is 0. The van der Waals surface area contributed by atoms with Crippen LogP contribution in [0, 0.1) is 5.82 Å². The lowest BCUT2D eigenvalue weighted by Crippen LogP contribution is -2.29. The topological polar surface area (TPSA) is 79.7 Å². The number of Topliss-reactive ketones (excluding diaryl/α,β-unsaturated/α-hetero) is 1. The second-order valence-electron chi connectivity index (χ2n) is 7.79. The Morgan fingerprint density at radius 3 is 2.51 bits per heavy atom. The molecule has 0 spiro atoms. The molecule has 1 unspecified atom stereocenters. The van der Waals surface area contributed by atoms with Gasteiger partial charge < -0.3 is 9.84 Å². The van der Waals surface area contributed by atoms with Crippen LogP contribution in [-0.2, 0) is 9.59 Å². The number of fused-ring (bicyclic) bond motifs is 1. The average molecular weight is 509 g/mol. The molecule has 0 radical (unpaired) electrons. The summed E-state index contributed by atoms with van der Waals surface area (Å²) in [6.45, 7) is 2.38. The molecular weight excluding hydrogens is 491 g/mol. The first kappa shape index (κ1) is 23.0. The van der Waals surface area contributed by atoms with Gasteiger partial charge in [-0.25, -0.2) is 9.37 Å². The van der Waals surface area contributed by atoms with Crippen LogP contribution in [0.15, 0.2) is 72.3 Å². The fourth-order valence-electron chi connectivity index (χ4n) is 4.01. The summed E-state index contributed by atoms with van der Waals surface area (Å²) in [4.78, 5) is 32.3. The highest BCUT2D eigenvalue weighted by molar-refractivity contribution is 7.22. The molecule has 1 aliphatic heterocycles. The van der Waals surface area contributed by atoms with Gasteiger partial charge in [-0.1, -0.05) is 35.1 Å². The lowest BCUT2D eigenvalue weighted by molar-refractivity contribution is -0.132. The molecule has 1 saturated heterocycles. The predicted molar refractivity (Wildman–Crippen MR) is 133 cm³/mol. The molecule has 1 aromatic heterocycles. The number of aromatic nitrogens is 1. The molecule has 1 atom stereocenters. The summed E-state index contributed by atoms with van der Waals surface area (Å²) in [5.41, 5.74) is 1.30. The maximum atomic E-state index is 13.7. The number of amides is 1. The highest BCUT2D eigenvalue weighted by Crippen LogP contribution is 2.44. The highest BCUT2D eigenvalue weighted by atomic mass is 35.5. The summed E-state index contributed by atoms with van der Waals surface area (Å²) in [5.74, 6) is -1.85. The van der Waals surface area contributed by atoms with Gasteiger partial charge in [-0.05, 0) is 67.1 Å². The third-order valence-electron chi connectivity index (χ3n) is 5.61. The third-order valence-corrected chi connectivity index (χ3v) is 6.88. The molecule has 0 saturated carbocycles. The number of benzene rings is 3. The van der Waals surface area contributed by atoms with Crippen molar-refractivity contribution in [3.05, 3.63) is 94.3 Å². The lowest BCUT2D eigenvalue weighted by atomic mass is 9.95. The van der Waals surface area contributed by atoms with Crippen LogP contribution in [0.1, 0.15) is 24.1 Å². The van der Waals surface area contributed by atoms with E-state index >= 15 is 0 Å². The van der Waals surface area contributed by atoms with E-state index in [2.05, 4.69) is 4.98 Å². The minimum atomic E-state index is -1.00. The lowest BCUT2D eigenvalue weighted by Gasteiger charge is -2.23. The number of halogens is 2. The number of rotatable bonds is 5. The number of nitrogens with zero attached hydrogens (tertiary/aromatic N) is 2. The molecule has 9 heteroatoms. The molecule has 5 rings (SSSR count). The minimum Gasteiger partial charge on any atom is -0.507 e. The van der Waals surface area contributed by atoms with Crippen molar-refractivity contribution in [2.75, 3.05) is 11.5 Å². The van der Waals surface area contributed by atoms with Gasteiger partial charge in [-0.15, -0.1) is 0 Å². The minimum absolute atomic E-state index is 0.113. The van der Waals surface area contributed by atoms with Crippen molar-refractivity contribution in [3.63, 3.8) is 0 Å². The number of thiazole rings is 1. The molecule has 1 amide bonds. The monoisotopic (exact) mass is 508 g/mol. The first-order valence-corrected chi connectivity index (χ1v) is 11.9. The number of hydrogen-bond acceptors (Lipinski definition) is 6. The van der Waals surface area contributed by atoms with E-state index in [4.69, 9.17) is 16.3 Å². The average Bonchev–Trinajstić information content (AvgIpc) is 3.38. The molecule has 6 nitrogen and oxygen atoms in total. The molecular formula is C26H18ClFN2O4S. The molecule has 1 fully saturated rings. The molecule has 1 N–H and O–H groups in total. The SMILES string of the molecule is CCOc1ccc2nc(N3C(=O)C(=O)/C(=C(/O)c4ccc(Cl)cc4)C3c3ccc(F)cc3)sc2c1. The van der Waals surface area contributed by atoms with Gasteiger partial charge in [-0.3, -0.25) is 14.5 Å². The van der Waals surface area contributed by atoms with Crippen molar-refractivity contribution in [1.29, 1.82) is 0 Å². The second-order valence-corrected chi connectivity index (χ2v) is 9.23. The van der Waals surface area contributed by atoms with E-state index in [1.165, 1.54) is 40.5 Å². The van der Waals surface area contributed by atoms with E-state index in [0.717, 1.165) is 4.70 Å². The quantitative estimate of drug-likeness (QED) is 0.200. The van der Waals surface area contributed by atoms with Gasteiger partial charge in [0.05, 0.1) is 28.4 Å². The molecule has 3 aromatic carbocycles. The van der Waals surface area contributed by atoms with Gasteiger partial charge in [0.15, 0.2) is 5.13 Å². The Bertz CT molecular complexity index is 1480. The van der Waals surface area contributed by atoms with Gasteiger partial charge in [0, 0.05) is 10.6 Å². The van der Waals surface area contributed by atoms with Crippen LogP contribution in [0.5, 0.6) is 5.75 Å². The van der Waals surface area contributed by atoms with E-state index in [1.54, 1.807) is 36.4 Å². The molecule has 2 heterocycles. The van der Waals surface area contributed by atoms with Gasteiger partial charge in [0.1, 0.15) is 17.3 Å². The van der Waals surface area contributed by atoms with Gasteiger partial charge >= 0.3 is 5.91 Å². The fraction of sp³-hybridized carbons (Fsp3) is 0.115. The predicted octanol–water partition coefficient (Wildman–Crippen LogP) is 6.11. The smallest absolute Gasteiger partial charge is 0.301 e.